The van der Waals surface area contributed by atoms with Crippen molar-refractivity contribution in [3.05, 3.63) is 0 Å². The molecule has 0 spiro atoms. The van der Waals surface area contributed by atoms with Crippen molar-refractivity contribution in [2.45, 2.75) is 31.7 Å². The Bertz CT molecular complexity index is 288. The van der Waals surface area contributed by atoms with Crippen LogP contribution in [0.4, 0.5) is 0 Å². The SMILES string of the molecule is O=C1C2CNCC2C(=O)N1C1CCCC1. The van der Waals surface area contributed by atoms with Crippen molar-refractivity contribution in [2.75, 3.05) is 13.1 Å². The van der Waals surface area contributed by atoms with Gasteiger partial charge in [0.2, 0.25) is 11.8 Å². The maximum atomic E-state index is 12.0. The van der Waals surface area contributed by atoms with Gasteiger partial charge in [-0.15, -0.1) is 0 Å². The first-order chi connectivity index (χ1) is 7.29. The topological polar surface area (TPSA) is 49.4 Å². The first kappa shape index (κ1) is 9.33. The van der Waals surface area contributed by atoms with Crippen LogP contribution in [0.5, 0.6) is 0 Å². The van der Waals surface area contributed by atoms with Crippen LogP contribution in [0.3, 0.4) is 0 Å². The molecule has 3 rings (SSSR count). The standard InChI is InChI=1S/C11H16N2O2/c14-10-8-5-12-6-9(8)11(15)13(10)7-3-1-2-4-7/h7-9,12H,1-6H2. The molecule has 2 unspecified atom stereocenters. The molecule has 0 radical (unpaired) electrons. The van der Waals surface area contributed by atoms with E-state index in [9.17, 15) is 9.59 Å². The molecule has 4 nitrogen and oxygen atoms in total. The molecule has 2 amide bonds. The monoisotopic (exact) mass is 208 g/mol. The van der Waals surface area contributed by atoms with Gasteiger partial charge >= 0.3 is 0 Å². The molecule has 2 saturated heterocycles. The van der Waals surface area contributed by atoms with Gasteiger partial charge in [0.25, 0.3) is 0 Å². The van der Waals surface area contributed by atoms with Crippen LogP contribution in [0.25, 0.3) is 0 Å². The van der Waals surface area contributed by atoms with Crippen molar-refractivity contribution in [1.82, 2.24) is 10.2 Å². The van der Waals surface area contributed by atoms with Crippen molar-refractivity contribution in [2.24, 2.45) is 11.8 Å². The zero-order valence-electron chi connectivity index (χ0n) is 8.74. The average molecular weight is 208 g/mol. The van der Waals surface area contributed by atoms with Crippen molar-refractivity contribution < 1.29 is 9.59 Å². The highest BCUT2D eigenvalue weighted by atomic mass is 16.2. The number of hydrogen-bond donors (Lipinski definition) is 1. The van der Waals surface area contributed by atoms with E-state index in [4.69, 9.17) is 0 Å². The molecule has 4 heteroatoms. The Morgan fingerprint density at radius 1 is 1.00 bits per heavy atom. The maximum Gasteiger partial charge on any atom is 0.234 e. The lowest BCUT2D eigenvalue weighted by Crippen LogP contribution is -2.41. The van der Waals surface area contributed by atoms with Crippen molar-refractivity contribution >= 4 is 11.8 Å². The summed E-state index contributed by atoms with van der Waals surface area (Å²) in [5, 5.41) is 3.13. The number of likely N-dealkylation sites (tertiary alicyclic amines) is 1. The fourth-order valence-electron chi connectivity index (χ4n) is 3.19. The number of hydrogen-bond acceptors (Lipinski definition) is 3. The minimum Gasteiger partial charge on any atom is -0.315 e. The molecule has 0 aromatic rings. The summed E-state index contributed by atoms with van der Waals surface area (Å²) in [5.41, 5.74) is 0. The van der Waals surface area contributed by atoms with E-state index in [2.05, 4.69) is 5.32 Å². The Kier molecular flexibility index (Phi) is 2.06. The van der Waals surface area contributed by atoms with Gasteiger partial charge in [-0.05, 0) is 12.8 Å². The van der Waals surface area contributed by atoms with Crippen LogP contribution in [0.1, 0.15) is 25.7 Å². The third kappa shape index (κ3) is 1.24. The summed E-state index contributed by atoms with van der Waals surface area (Å²) >= 11 is 0. The van der Waals surface area contributed by atoms with Crippen LogP contribution >= 0.6 is 0 Å². The molecule has 2 aliphatic heterocycles. The van der Waals surface area contributed by atoms with Gasteiger partial charge in [-0.2, -0.15) is 0 Å². The molecule has 3 aliphatic rings. The first-order valence-corrected chi connectivity index (χ1v) is 5.86. The summed E-state index contributed by atoms with van der Waals surface area (Å²) in [6, 6.07) is 0.218. The number of nitrogens with one attached hydrogen (secondary N) is 1. The lowest BCUT2D eigenvalue weighted by Gasteiger charge is -2.22. The molecule has 2 atom stereocenters. The Morgan fingerprint density at radius 2 is 1.53 bits per heavy atom. The fraction of sp³-hybridized carbons (Fsp3) is 0.818. The Hall–Kier alpha value is -0.900. The highest BCUT2D eigenvalue weighted by molar-refractivity contribution is 6.06. The Balaban J connectivity index is 1.84. The molecule has 2 heterocycles. The van der Waals surface area contributed by atoms with Gasteiger partial charge in [0.1, 0.15) is 0 Å². The zero-order chi connectivity index (χ0) is 10.4. The lowest BCUT2D eigenvalue weighted by molar-refractivity contribution is -0.142. The van der Waals surface area contributed by atoms with E-state index in [0.717, 1.165) is 25.7 Å². The molecule has 82 valence electrons. The summed E-state index contributed by atoms with van der Waals surface area (Å²) in [5.74, 6) is 0.0556. The number of amides is 2. The van der Waals surface area contributed by atoms with E-state index in [1.165, 1.54) is 0 Å². The van der Waals surface area contributed by atoms with Gasteiger partial charge in [-0.25, -0.2) is 0 Å². The second kappa shape index (κ2) is 3.30. The lowest BCUT2D eigenvalue weighted by atomic mass is 10.00. The fourth-order valence-corrected chi connectivity index (χ4v) is 3.19. The smallest absolute Gasteiger partial charge is 0.234 e. The van der Waals surface area contributed by atoms with Gasteiger partial charge in [-0.1, -0.05) is 12.8 Å². The summed E-state index contributed by atoms with van der Waals surface area (Å²) in [6.45, 7) is 1.39. The van der Waals surface area contributed by atoms with Crippen molar-refractivity contribution in [3.8, 4) is 0 Å². The van der Waals surface area contributed by atoms with Gasteiger partial charge in [-0.3, -0.25) is 14.5 Å². The van der Waals surface area contributed by atoms with Crippen molar-refractivity contribution in [1.29, 1.82) is 0 Å². The largest absolute Gasteiger partial charge is 0.315 e. The van der Waals surface area contributed by atoms with Crippen LogP contribution < -0.4 is 5.32 Å². The van der Waals surface area contributed by atoms with Gasteiger partial charge in [0, 0.05) is 19.1 Å². The molecular weight excluding hydrogens is 192 g/mol. The number of fused-ring (bicyclic) bond motifs is 1. The van der Waals surface area contributed by atoms with Crippen LogP contribution in [0.15, 0.2) is 0 Å². The minimum atomic E-state index is -0.0573. The van der Waals surface area contributed by atoms with E-state index in [1.807, 2.05) is 0 Å². The summed E-state index contributed by atoms with van der Waals surface area (Å²) in [7, 11) is 0. The third-order valence-electron chi connectivity index (χ3n) is 4.01. The van der Waals surface area contributed by atoms with Gasteiger partial charge < -0.3 is 5.32 Å². The Labute approximate surface area is 89.0 Å². The molecule has 1 N–H and O–H groups in total. The third-order valence-corrected chi connectivity index (χ3v) is 4.01. The first-order valence-electron chi connectivity index (χ1n) is 5.86. The Morgan fingerprint density at radius 3 is 2.07 bits per heavy atom. The highest BCUT2D eigenvalue weighted by Gasteiger charge is 2.52. The van der Waals surface area contributed by atoms with Crippen LogP contribution in [0, 0.1) is 11.8 Å². The second-order valence-corrected chi connectivity index (χ2v) is 4.86. The molecule has 3 fully saturated rings. The predicted molar refractivity (Wildman–Crippen MR) is 54.0 cm³/mol. The van der Waals surface area contributed by atoms with E-state index in [0.29, 0.717) is 13.1 Å². The summed E-state index contributed by atoms with van der Waals surface area (Å²) in [6.07, 6.45) is 4.36. The van der Waals surface area contributed by atoms with Crippen molar-refractivity contribution in [3.63, 3.8) is 0 Å². The van der Waals surface area contributed by atoms with Crippen LogP contribution in [-0.4, -0.2) is 35.8 Å². The highest BCUT2D eigenvalue weighted by Crippen LogP contribution is 2.34. The summed E-state index contributed by atoms with van der Waals surface area (Å²) in [4.78, 5) is 25.7. The quantitative estimate of drug-likeness (QED) is 0.623. The van der Waals surface area contributed by atoms with Crippen LogP contribution in [0.2, 0.25) is 0 Å². The molecule has 1 saturated carbocycles. The summed E-state index contributed by atoms with van der Waals surface area (Å²) < 4.78 is 0. The number of imide groups is 1. The van der Waals surface area contributed by atoms with Crippen LogP contribution in [-0.2, 0) is 9.59 Å². The number of carbonyl (C=O) groups is 2. The van der Waals surface area contributed by atoms with Gasteiger partial charge in [0.05, 0.1) is 11.8 Å². The zero-order valence-corrected chi connectivity index (χ0v) is 8.74. The number of rotatable bonds is 1. The molecule has 15 heavy (non-hydrogen) atoms. The second-order valence-electron chi connectivity index (χ2n) is 4.86. The molecule has 0 aromatic heterocycles. The minimum absolute atomic E-state index is 0.0573. The predicted octanol–water partition coefficient (Wildman–Crippen LogP) is 0.133. The molecule has 1 aliphatic carbocycles. The van der Waals surface area contributed by atoms with E-state index in [1.54, 1.807) is 4.90 Å². The van der Waals surface area contributed by atoms with E-state index in [-0.39, 0.29) is 29.7 Å². The maximum absolute atomic E-state index is 12.0. The molecular formula is C11H16N2O2. The molecule has 0 aromatic carbocycles. The number of carbonyl (C=O) groups excluding carboxylic acids is 2. The number of nitrogens with zero attached hydrogens (tertiary/aromatic N) is 1. The molecule has 0 bridgehead atoms. The van der Waals surface area contributed by atoms with E-state index < -0.39 is 0 Å². The normalized spacial score (nSPS) is 36.7. The van der Waals surface area contributed by atoms with Gasteiger partial charge in [0.15, 0.2) is 0 Å². The van der Waals surface area contributed by atoms with E-state index >= 15 is 0 Å². The average Bonchev–Trinajstić information content (AvgIpc) is 2.89.